The van der Waals surface area contributed by atoms with Crippen LogP contribution in [0, 0.1) is 15.9 Å². The minimum Gasteiger partial charge on any atom is -0.379 e. The van der Waals surface area contributed by atoms with Crippen molar-refractivity contribution >= 4 is 11.4 Å². The predicted octanol–water partition coefficient (Wildman–Crippen LogP) is 2.63. The average molecular weight is 267 g/mol. The van der Waals surface area contributed by atoms with Crippen LogP contribution in [0.1, 0.15) is 20.3 Å². The van der Waals surface area contributed by atoms with Gasteiger partial charge in [0.25, 0.3) is 5.69 Å². The van der Waals surface area contributed by atoms with Crippen LogP contribution in [-0.2, 0) is 0 Å². The number of nitro groups is 1. The van der Waals surface area contributed by atoms with Gasteiger partial charge in [0.15, 0.2) is 5.82 Å². The number of nitrogens with zero attached hydrogens (tertiary/aromatic N) is 2. The molecule has 1 unspecified atom stereocenters. The van der Waals surface area contributed by atoms with E-state index in [0.29, 0.717) is 11.7 Å². The zero-order valence-electron chi connectivity index (χ0n) is 11.1. The molecule has 1 aliphatic heterocycles. The maximum atomic E-state index is 13.7. The Bertz CT molecular complexity index is 479. The summed E-state index contributed by atoms with van der Waals surface area (Å²) in [5.41, 5.74) is 0.111. The van der Waals surface area contributed by atoms with E-state index in [-0.39, 0.29) is 11.7 Å². The number of anilines is 1. The second-order valence-electron chi connectivity index (χ2n) is 5.14. The molecule has 0 bridgehead atoms. The summed E-state index contributed by atoms with van der Waals surface area (Å²) >= 11 is 0. The van der Waals surface area contributed by atoms with Crippen molar-refractivity contribution in [2.45, 2.75) is 32.4 Å². The molecule has 1 heterocycles. The molecule has 0 spiro atoms. The maximum absolute atomic E-state index is 13.7. The Morgan fingerprint density at radius 1 is 1.53 bits per heavy atom. The van der Waals surface area contributed by atoms with Crippen molar-refractivity contribution in [2.75, 3.05) is 18.4 Å². The fourth-order valence-electron chi connectivity index (χ4n) is 2.33. The highest BCUT2D eigenvalue weighted by Crippen LogP contribution is 2.23. The van der Waals surface area contributed by atoms with Crippen LogP contribution in [0.5, 0.6) is 0 Å². The molecule has 1 N–H and O–H groups in total. The Hall–Kier alpha value is -1.69. The largest absolute Gasteiger partial charge is 0.379 e. The summed E-state index contributed by atoms with van der Waals surface area (Å²) in [7, 11) is 0. The highest BCUT2D eigenvalue weighted by atomic mass is 19.1. The molecule has 1 aromatic carbocycles. The topological polar surface area (TPSA) is 58.4 Å². The smallest absolute Gasteiger partial charge is 0.272 e. The van der Waals surface area contributed by atoms with Crippen molar-refractivity contribution in [1.29, 1.82) is 0 Å². The summed E-state index contributed by atoms with van der Waals surface area (Å²) in [5, 5.41) is 13.7. The van der Waals surface area contributed by atoms with Gasteiger partial charge in [0, 0.05) is 31.2 Å². The van der Waals surface area contributed by atoms with Crippen molar-refractivity contribution in [3.05, 3.63) is 34.1 Å². The zero-order chi connectivity index (χ0) is 14.0. The zero-order valence-corrected chi connectivity index (χ0v) is 11.1. The van der Waals surface area contributed by atoms with E-state index in [1.54, 1.807) is 0 Å². The van der Waals surface area contributed by atoms with E-state index in [1.165, 1.54) is 12.1 Å². The summed E-state index contributed by atoms with van der Waals surface area (Å²) in [5.74, 6) is -0.572. The van der Waals surface area contributed by atoms with E-state index >= 15 is 0 Å². The number of nitro benzene ring substituents is 1. The number of nitrogens with one attached hydrogen (secondary N) is 1. The molecule has 0 aromatic heterocycles. The van der Waals surface area contributed by atoms with Crippen molar-refractivity contribution in [3.63, 3.8) is 0 Å². The summed E-state index contributed by atoms with van der Waals surface area (Å²) in [4.78, 5) is 12.3. The Kier molecular flexibility index (Phi) is 3.99. The monoisotopic (exact) mass is 267 g/mol. The van der Waals surface area contributed by atoms with E-state index < -0.39 is 10.7 Å². The van der Waals surface area contributed by atoms with Crippen LogP contribution in [0.2, 0.25) is 0 Å². The molecule has 6 heteroatoms. The molecule has 2 rings (SSSR count). The lowest BCUT2D eigenvalue weighted by atomic mass is 10.2. The number of benzene rings is 1. The van der Waals surface area contributed by atoms with Crippen molar-refractivity contribution in [1.82, 2.24) is 4.90 Å². The molecule has 0 saturated carbocycles. The molecule has 0 radical (unpaired) electrons. The van der Waals surface area contributed by atoms with Gasteiger partial charge in [-0.3, -0.25) is 15.0 Å². The van der Waals surface area contributed by atoms with E-state index in [4.69, 9.17) is 0 Å². The summed E-state index contributed by atoms with van der Waals surface area (Å²) in [6, 6.07) is 4.38. The first kappa shape index (κ1) is 13.7. The lowest BCUT2D eigenvalue weighted by Crippen LogP contribution is -2.31. The lowest BCUT2D eigenvalue weighted by molar-refractivity contribution is -0.385. The number of rotatable bonds is 4. The average Bonchev–Trinajstić information content (AvgIpc) is 2.80. The van der Waals surface area contributed by atoms with E-state index in [2.05, 4.69) is 24.1 Å². The fraction of sp³-hybridized carbons (Fsp3) is 0.538. The first-order chi connectivity index (χ1) is 8.97. The number of likely N-dealkylation sites (tertiary alicyclic amines) is 1. The molecule has 1 aromatic rings. The summed E-state index contributed by atoms with van der Waals surface area (Å²) in [6.45, 7) is 6.13. The van der Waals surface area contributed by atoms with Crippen LogP contribution in [0.3, 0.4) is 0 Å². The number of halogens is 1. The van der Waals surface area contributed by atoms with Crippen LogP contribution < -0.4 is 5.32 Å². The number of hydrogen-bond donors (Lipinski definition) is 1. The van der Waals surface area contributed by atoms with E-state index in [0.717, 1.165) is 25.6 Å². The normalized spacial score (nSPS) is 19.9. The van der Waals surface area contributed by atoms with Crippen LogP contribution >= 0.6 is 0 Å². The van der Waals surface area contributed by atoms with E-state index in [9.17, 15) is 14.5 Å². The Morgan fingerprint density at radius 3 is 2.79 bits per heavy atom. The van der Waals surface area contributed by atoms with Crippen molar-refractivity contribution in [2.24, 2.45) is 0 Å². The van der Waals surface area contributed by atoms with Gasteiger partial charge in [-0.1, -0.05) is 0 Å². The number of non-ortho nitro benzene ring substituents is 1. The fourth-order valence-corrected chi connectivity index (χ4v) is 2.33. The van der Waals surface area contributed by atoms with Gasteiger partial charge < -0.3 is 5.32 Å². The third-order valence-electron chi connectivity index (χ3n) is 3.47. The Morgan fingerprint density at radius 2 is 2.26 bits per heavy atom. The summed E-state index contributed by atoms with van der Waals surface area (Å²) in [6.07, 6.45) is 0.953. The third kappa shape index (κ3) is 3.20. The SMILES string of the molecule is CC(C)N1CCC(Nc2ccc([N+](=O)[O-])cc2F)C1. The molecule has 0 aliphatic carbocycles. The van der Waals surface area contributed by atoms with Crippen LogP contribution in [0.25, 0.3) is 0 Å². The quantitative estimate of drug-likeness (QED) is 0.673. The van der Waals surface area contributed by atoms with Gasteiger partial charge in [-0.15, -0.1) is 0 Å². The Balaban J connectivity index is 2.02. The highest BCUT2D eigenvalue weighted by molar-refractivity contribution is 5.50. The van der Waals surface area contributed by atoms with Gasteiger partial charge >= 0.3 is 0 Å². The molecular weight excluding hydrogens is 249 g/mol. The van der Waals surface area contributed by atoms with Gasteiger partial charge in [-0.2, -0.15) is 0 Å². The molecule has 5 nitrogen and oxygen atoms in total. The molecule has 1 atom stereocenters. The third-order valence-corrected chi connectivity index (χ3v) is 3.47. The molecule has 104 valence electrons. The minimum atomic E-state index is -0.594. The lowest BCUT2D eigenvalue weighted by Gasteiger charge is -2.21. The maximum Gasteiger partial charge on any atom is 0.272 e. The molecule has 0 amide bonds. The first-order valence-electron chi connectivity index (χ1n) is 6.42. The van der Waals surface area contributed by atoms with Crippen molar-refractivity contribution < 1.29 is 9.31 Å². The highest BCUT2D eigenvalue weighted by Gasteiger charge is 2.24. The van der Waals surface area contributed by atoms with Crippen LogP contribution in [0.15, 0.2) is 18.2 Å². The molecule has 1 saturated heterocycles. The predicted molar refractivity (Wildman–Crippen MR) is 71.8 cm³/mol. The van der Waals surface area contributed by atoms with Crippen LogP contribution in [-0.4, -0.2) is 35.0 Å². The second-order valence-corrected chi connectivity index (χ2v) is 5.14. The van der Waals surface area contributed by atoms with Crippen molar-refractivity contribution in [3.8, 4) is 0 Å². The second kappa shape index (κ2) is 5.52. The molecule has 1 fully saturated rings. The van der Waals surface area contributed by atoms with Crippen LogP contribution in [0.4, 0.5) is 15.8 Å². The molecular formula is C13H18FN3O2. The summed E-state index contributed by atoms with van der Waals surface area (Å²) < 4.78 is 13.7. The minimum absolute atomic E-state index is 0.193. The Labute approximate surface area is 111 Å². The van der Waals surface area contributed by atoms with Gasteiger partial charge in [-0.05, 0) is 26.3 Å². The van der Waals surface area contributed by atoms with E-state index in [1.807, 2.05) is 0 Å². The first-order valence-corrected chi connectivity index (χ1v) is 6.42. The number of hydrogen-bond acceptors (Lipinski definition) is 4. The molecule has 1 aliphatic rings. The van der Waals surface area contributed by atoms with Gasteiger partial charge in [0.05, 0.1) is 16.7 Å². The van der Waals surface area contributed by atoms with Gasteiger partial charge in [-0.25, -0.2) is 4.39 Å². The standard InChI is InChI=1S/C13H18FN3O2/c1-9(2)16-6-5-10(8-16)15-13-4-3-11(17(18)19)7-12(13)14/h3-4,7,9-10,15H,5-6,8H2,1-2H3. The van der Waals surface area contributed by atoms with Gasteiger partial charge in [0.1, 0.15) is 0 Å². The molecule has 19 heavy (non-hydrogen) atoms. The van der Waals surface area contributed by atoms with Gasteiger partial charge in [0.2, 0.25) is 0 Å².